The number of hydrogen-bond acceptors (Lipinski definition) is 3. The molecule has 0 aliphatic rings. The first-order valence-corrected chi connectivity index (χ1v) is 7.14. The molecule has 0 aliphatic carbocycles. The molecule has 0 saturated carbocycles. The van der Waals surface area contributed by atoms with Gasteiger partial charge in [-0.15, -0.1) is 0 Å². The van der Waals surface area contributed by atoms with E-state index >= 15 is 0 Å². The predicted octanol–water partition coefficient (Wildman–Crippen LogP) is 3.97. The van der Waals surface area contributed by atoms with E-state index in [2.05, 4.69) is 11.4 Å². The lowest BCUT2D eigenvalue weighted by atomic mass is 9.94. The number of hydrogen-bond donors (Lipinski definition) is 1. The summed E-state index contributed by atoms with van der Waals surface area (Å²) in [7, 11) is 5.25. The third-order valence-corrected chi connectivity index (χ3v) is 4.07. The summed E-state index contributed by atoms with van der Waals surface area (Å²) >= 11 is 6.25. The van der Waals surface area contributed by atoms with Gasteiger partial charge in [0.15, 0.2) is 0 Å². The Balaban J connectivity index is 2.57. The van der Waals surface area contributed by atoms with E-state index < -0.39 is 0 Å². The van der Waals surface area contributed by atoms with Crippen LogP contribution in [0.4, 0.5) is 0 Å². The van der Waals surface area contributed by atoms with Crippen molar-refractivity contribution in [1.82, 2.24) is 5.32 Å². The van der Waals surface area contributed by atoms with Crippen molar-refractivity contribution in [2.45, 2.75) is 13.0 Å². The molecule has 0 aromatic heterocycles. The van der Waals surface area contributed by atoms with Crippen molar-refractivity contribution < 1.29 is 9.47 Å². The van der Waals surface area contributed by atoms with E-state index in [0.29, 0.717) is 0 Å². The molecule has 0 heterocycles. The van der Waals surface area contributed by atoms with Gasteiger partial charge in [-0.1, -0.05) is 23.7 Å². The topological polar surface area (TPSA) is 30.5 Å². The molecule has 1 unspecified atom stereocenters. The first-order chi connectivity index (χ1) is 10.1. The Bertz CT molecular complexity index is 628. The number of rotatable bonds is 5. The molecule has 0 radical (unpaired) electrons. The average molecular weight is 306 g/mol. The van der Waals surface area contributed by atoms with E-state index in [1.54, 1.807) is 14.2 Å². The zero-order chi connectivity index (χ0) is 15.4. The van der Waals surface area contributed by atoms with Crippen LogP contribution in [-0.4, -0.2) is 21.3 Å². The van der Waals surface area contributed by atoms with Crippen LogP contribution in [0.5, 0.6) is 11.5 Å². The van der Waals surface area contributed by atoms with E-state index in [4.69, 9.17) is 21.1 Å². The highest BCUT2D eigenvalue weighted by atomic mass is 35.5. The summed E-state index contributed by atoms with van der Waals surface area (Å²) in [6.07, 6.45) is 0. The van der Waals surface area contributed by atoms with Crippen molar-refractivity contribution in [2.75, 3.05) is 21.3 Å². The Hall–Kier alpha value is -1.71. The fraction of sp³-hybridized carbons (Fsp3) is 0.294. The molecule has 0 amide bonds. The minimum absolute atomic E-state index is 0.0197. The van der Waals surface area contributed by atoms with Crippen LogP contribution in [0.1, 0.15) is 22.7 Å². The SMILES string of the molecule is CNC(c1cc(OC)ccc1OC)c1cccc(Cl)c1C. The van der Waals surface area contributed by atoms with Gasteiger partial charge in [0.2, 0.25) is 0 Å². The normalized spacial score (nSPS) is 12.0. The average Bonchev–Trinajstić information content (AvgIpc) is 2.52. The lowest BCUT2D eigenvalue weighted by molar-refractivity contribution is 0.395. The van der Waals surface area contributed by atoms with Crippen molar-refractivity contribution in [3.05, 3.63) is 58.1 Å². The van der Waals surface area contributed by atoms with E-state index in [0.717, 1.165) is 33.2 Å². The Morgan fingerprint density at radius 3 is 2.43 bits per heavy atom. The summed E-state index contributed by atoms with van der Waals surface area (Å²) in [6.45, 7) is 2.02. The molecular formula is C17H20ClNO2. The summed E-state index contributed by atoms with van der Waals surface area (Å²) in [5.41, 5.74) is 3.20. The molecule has 1 N–H and O–H groups in total. The third kappa shape index (κ3) is 3.14. The Morgan fingerprint density at radius 2 is 1.81 bits per heavy atom. The van der Waals surface area contributed by atoms with E-state index in [1.165, 1.54) is 0 Å². The second kappa shape index (κ2) is 6.83. The van der Waals surface area contributed by atoms with Gasteiger partial charge in [-0.3, -0.25) is 0 Å². The number of halogens is 1. The maximum absolute atomic E-state index is 6.25. The highest BCUT2D eigenvalue weighted by Crippen LogP contribution is 2.35. The Kier molecular flexibility index (Phi) is 5.10. The summed E-state index contributed by atoms with van der Waals surface area (Å²) < 4.78 is 10.8. The van der Waals surface area contributed by atoms with E-state index in [9.17, 15) is 0 Å². The van der Waals surface area contributed by atoms with Gasteiger partial charge in [0, 0.05) is 10.6 Å². The first kappa shape index (κ1) is 15.7. The largest absolute Gasteiger partial charge is 0.497 e. The van der Waals surface area contributed by atoms with E-state index in [-0.39, 0.29) is 6.04 Å². The molecule has 0 spiro atoms. The van der Waals surface area contributed by atoms with Crippen LogP contribution in [0.3, 0.4) is 0 Å². The molecule has 2 rings (SSSR count). The minimum atomic E-state index is -0.0197. The van der Waals surface area contributed by atoms with E-state index in [1.807, 2.05) is 44.3 Å². The lowest BCUT2D eigenvalue weighted by Gasteiger charge is -2.22. The number of nitrogens with one attached hydrogen (secondary N) is 1. The van der Waals surface area contributed by atoms with Crippen LogP contribution in [0, 0.1) is 6.92 Å². The number of benzene rings is 2. The molecule has 2 aromatic rings. The van der Waals surface area contributed by atoms with Crippen molar-refractivity contribution in [3.63, 3.8) is 0 Å². The van der Waals surface area contributed by atoms with Crippen LogP contribution in [0.15, 0.2) is 36.4 Å². The maximum atomic E-state index is 6.25. The molecule has 3 nitrogen and oxygen atoms in total. The molecule has 0 aliphatic heterocycles. The second-order valence-corrected chi connectivity index (χ2v) is 5.19. The molecule has 0 bridgehead atoms. The van der Waals surface area contributed by atoms with Gasteiger partial charge >= 0.3 is 0 Å². The van der Waals surface area contributed by atoms with Crippen molar-refractivity contribution in [1.29, 1.82) is 0 Å². The monoisotopic (exact) mass is 305 g/mol. The van der Waals surface area contributed by atoms with Gasteiger partial charge in [-0.25, -0.2) is 0 Å². The Morgan fingerprint density at radius 1 is 1.05 bits per heavy atom. The highest BCUT2D eigenvalue weighted by molar-refractivity contribution is 6.31. The summed E-state index contributed by atoms with van der Waals surface area (Å²) in [4.78, 5) is 0. The zero-order valence-electron chi connectivity index (χ0n) is 12.7. The predicted molar refractivity (Wildman–Crippen MR) is 86.6 cm³/mol. The molecular weight excluding hydrogens is 286 g/mol. The number of methoxy groups -OCH3 is 2. The van der Waals surface area contributed by atoms with Crippen molar-refractivity contribution in [3.8, 4) is 11.5 Å². The first-order valence-electron chi connectivity index (χ1n) is 6.76. The maximum Gasteiger partial charge on any atom is 0.124 e. The van der Waals surface area contributed by atoms with Crippen LogP contribution >= 0.6 is 11.6 Å². The third-order valence-electron chi connectivity index (χ3n) is 3.66. The number of ether oxygens (including phenoxy) is 2. The smallest absolute Gasteiger partial charge is 0.124 e. The Labute approximate surface area is 130 Å². The second-order valence-electron chi connectivity index (χ2n) is 4.78. The van der Waals surface area contributed by atoms with Crippen LogP contribution < -0.4 is 14.8 Å². The molecule has 0 saturated heterocycles. The van der Waals surface area contributed by atoms with Crippen LogP contribution in [-0.2, 0) is 0 Å². The fourth-order valence-electron chi connectivity index (χ4n) is 2.48. The summed E-state index contributed by atoms with van der Waals surface area (Å²) in [6, 6.07) is 11.7. The van der Waals surface area contributed by atoms with Gasteiger partial charge in [-0.05, 0) is 49.4 Å². The van der Waals surface area contributed by atoms with Gasteiger partial charge in [0.05, 0.1) is 20.3 Å². The van der Waals surface area contributed by atoms with Gasteiger partial charge < -0.3 is 14.8 Å². The summed E-state index contributed by atoms with van der Waals surface area (Å²) in [5, 5.41) is 4.09. The molecule has 112 valence electrons. The molecule has 2 aromatic carbocycles. The van der Waals surface area contributed by atoms with Crippen molar-refractivity contribution in [2.24, 2.45) is 0 Å². The molecule has 1 atom stereocenters. The summed E-state index contributed by atoms with van der Waals surface area (Å²) in [5.74, 6) is 1.61. The lowest BCUT2D eigenvalue weighted by Crippen LogP contribution is -2.19. The minimum Gasteiger partial charge on any atom is -0.497 e. The van der Waals surface area contributed by atoms with Gasteiger partial charge in [0.25, 0.3) is 0 Å². The fourth-order valence-corrected chi connectivity index (χ4v) is 2.66. The molecule has 4 heteroatoms. The standard InChI is InChI=1S/C17H20ClNO2/c1-11-13(6-5-7-15(11)18)17(19-2)14-10-12(20-3)8-9-16(14)21-4/h5-10,17,19H,1-4H3. The molecule has 0 fully saturated rings. The van der Waals surface area contributed by atoms with Crippen molar-refractivity contribution >= 4 is 11.6 Å². The highest BCUT2D eigenvalue weighted by Gasteiger charge is 2.20. The zero-order valence-corrected chi connectivity index (χ0v) is 13.5. The molecule has 21 heavy (non-hydrogen) atoms. The van der Waals surface area contributed by atoms with Crippen LogP contribution in [0.25, 0.3) is 0 Å². The van der Waals surface area contributed by atoms with Gasteiger partial charge in [-0.2, -0.15) is 0 Å². The quantitative estimate of drug-likeness (QED) is 0.906. The van der Waals surface area contributed by atoms with Crippen LogP contribution in [0.2, 0.25) is 5.02 Å². The van der Waals surface area contributed by atoms with Gasteiger partial charge in [0.1, 0.15) is 11.5 Å².